The van der Waals surface area contributed by atoms with Gasteiger partial charge in [0.1, 0.15) is 0 Å². The molecule has 2 rings (SSSR count). The Morgan fingerprint density at radius 3 is 2.67 bits per heavy atom. The fraction of sp³-hybridized carbons (Fsp3) is 0.231. The SMILES string of the molecule is CNC(Cc1ccc(Br)s1)c1cc(I)ccc1Br. The molecule has 1 aromatic carbocycles. The van der Waals surface area contributed by atoms with Crippen molar-refractivity contribution in [2.24, 2.45) is 0 Å². The molecule has 1 unspecified atom stereocenters. The van der Waals surface area contributed by atoms with Gasteiger partial charge in [0.25, 0.3) is 0 Å². The van der Waals surface area contributed by atoms with Gasteiger partial charge in [0, 0.05) is 25.4 Å². The van der Waals surface area contributed by atoms with Crippen LogP contribution < -0.4 is 5.32 Å². The predicted molar refractivity (Wildman–Crippen MR) is 94.4 cm³/mol. The molecule has 1 N–H and O–H groups in total. The lowest BCUT2D eigenvalue weighted by atomic mass is 10.0. The highest BCUT2D eigenvalue weighted by Gasteiger charge is 2.14. The molecule has 2 aromatic rings. The molecule has 0 fully saturated rings. The summed E-state index contributed by atoms with van der Waals surface area (Å²) in [6.45, 7) is 0. The monoisotopic (exact) mass is 499 g/mol. The summed E-state index contributed by atoms with van der Waals surface area (Å²) in [6, 6.07) is 11.1. The van der Waals surface area contributed by atoms with Crippen molar-refractivity contribution >= 4 is 65.8 Å². The minimum absolute atomic E-state index is 0.333. The maximum Gasteiger partial charge on any atom is 0.0701 e. The van der Waals surface area contributed by atoms with Crippen molar-refractivity contribution in [3.05, 3.63) is 52.6 Å². The molecule has 0 aliphatic carbocycles. The molecule has 1 heterocycles. The largest absolute Gasteiger partial charge is 0.313 e. The molecule has 0 bridgehead atoms. The third-order valence-corrected chi connectivity index (χ3v) is 5.76. The fourth-order valence-electron chi connectivity index (χ4n) is 1.81. The second kappa shape index (κ2) is 6.83. The van der Waals surface area contributed by atoms with Crippen molar-refractivity contribution < 1.29 is 0 Å². The van der Waals surface area contributed by atoms with Crippen LogP contribution >= 0.6 is 65.8 Å². The van der Waals surface area contributed by atoms with E-state index in [1.54, 1.807) is 11.3 Å². The molecule has 0 aliphatic rings. The highest BCUT2D eigenvalue weighted by atomic mass is 127. The van der Waals surface area contributed by atoms with Crippen molar-refractivity contribution in [1.82, 2.24) is 5.32 Å². The summed E-state index contributed by atoms with van der Waals surface area (Å²) in [7, 11) is 2.01. The molecule has 1 atom stereocenters. The highest BCUT2D eigenvalue weighted by Crippen LogP contribution is 2.30. The lowest BCUT2D eigenvalue weighted by Crippen LogP contribution is -2.19. The summed E-state index contributed by atoms with van der Waals surface area (Å²) in [5, 5.41) is 3.40. The van der Waals surface area contributed by atoms with Crippen molar-refractivity contribution in [2.45, 2.75) is 12.5 Å². The van der Waals surface area contributed by atoms with E-state index in [1.165, 1.54) is 17.8 Å². The smallest absolute Gasteiger partial charge is 0.0701 e. The van der Waals surface area contributed by atoms with E-state index < -0.39 is 0 Å². The Labute approximate surface area is 142 Å². The lowest BCUT2D eigenvalue weighted by molar-refractivity contribution is 0.594. The maximum absolute atomic E-state index is 3.64. The summed E-state index contributed by atoms with van der Waals surface area (Å²) in [5.41, 5.74) is 1.31. The van der Waals surface area contributed by atoms with Crippen molar-refractivity contribution in [1.29, 1.82) is 0 Å². The number of benzene rings is 1. The van der Waals surface area contributed by atoms with Gasteiger partial charge in [0.05, 0.1) is 3.79 Å². The number of hydrogen-bond acceptors (Lipinski definition) is 2. The molecule has 0 radical (unpaired) electrons. The van der Waals surface area contributed by atoms with Crippen LogP contribution in [0.5, 0.6) is 0 Å². The van der Waals surface area contributed by atoms with E-state index in [9.17, 15) is 0 Å². The minimum atomic E-state index is 0.333. The van der Waals surface area contributed by atoms with Gasteiger partial charge in [-0.25, -0.2) is 0 Å². The van der Waals surface area contributed by atoms with Crippen molar-refractivity contribution in [2.75, 3.05) is 7.05 Å². The Morgan fingerprint density at radius 2 is 2.06 bits per heavy atom. The Balaban J connectivity index is 2.25. The standard InChI is InChI=1S/C13H12Br2INS/c1-17-12(7-9-3-5-13(15)18-9)10-6-8(16)2-4-11(10)14/h2-6,12,17H,7H2,1H3. The third kappa shape index (κ3) is 3.79. The molecule has 0 aliphatic heterocycles. The van der Waals surface area contributed by atoms with Gasteiger partial charge in [-0.15, -0.1) is 11.3 Å². The Morgan fingerprint density at radius 1 is 1.28 bits per heavy atom. The van der Waals surface area contributed by atoms with E-state index in [4.69, 9.17) is 0 Å². The first-order valence-electron chi connectivity index (χ1n) is 5.46. The number of rotatable bonds is 4. The summed E-state index contributed by atoms with van der Waals surface area (Å²) >= 11 is 11.3. The van der Waals surface area contributed by atoms with E-state index in [0.29, 0.717) is 6.04 Å². The fourth-order valence-corrected chi connectivity index (χ4v) is 4.38. The number of likely N-dealkylation sites (N-methyl/N-ethyl adjacent to an activating group) is 1. The normalized spacial score (nSPS) is 12.7. The second-order valence-corrected chi connectivity index (χ2v) is 8.56. The quantitative estimate of drug-likeness (QED) is 0.556. The number of nitrogens with one attached hydrogen (secondary N) is 1. The van der Waals surface area contributed by atoms with Gasteiger partial charge >= 0.3 is 0 Å². The topological polar surface area (TPSA) is 12.0 Å². The number of hydrogen-bond donors (Lipinski definition) is 1. The van der Waals surface area contributed by atoms with E-state index >= 15 is 0 Å². The van der Waals surface area contributed by atoms with Gasteiger partial charge in [-0.1, -0.05) is 15.9 Å². The summed E-state index contributed by atoms with van der Waals surface area (Å²) in [5.74, 6) is 0. The molecule has 0 spiro atoms. The third-order valence-electron chi connectivity index (χ3n) is 2.72. The molecule has 96 valence electrons. The summed E-state index contributed by atoms with van der Waals surface area (Å²) in [6.07, 6.45) is 1.01. The van der Waals surface area contributed by atoms with Crippen LogP contribution in [0.15, 0.2) is 38.6 Å². The van der Waals surface area contributed by atoms with Crippen molar-refractivity contribution in [3.63, 3.8) is 0 Å². The van der Waals surface area contributed by atoms with Gasteiger partial charge in [0.2, 0.25) is 0 Å². The number of thiophene rings is 1. The molecule has 0 amide bonds. The molecule has 1 aromatic heterocycles. The molecule has 0 saturated heterocycles. The van der Waals surface area contributed by atoms with Crippen LogP contribution in [0.4, 0.5) is 0 Å². The Kier molecular flexibility index (Phi) is 5.68. The van der Waals surface area contributed by atoms with Crippen LogP contribution in [0.1, 0.15) is 16.5 Å². The zero-order valence-corrected chi connectivity index (χ0v) is 15.9. The van der Waals surface area contributed by atoms with E-state index in [2.05, 4.69) is 90.1 Å². The summed E-state index contributed by atoms with van der Waals surface area (Å²) < 4.78 is 3.62. The van der Waals surface area contributed by atoms with Crippen LogP contribution in [-0.4, -0.2) is 7.05 Å². The summed E-state index contributed by atoms with van der Waals surface area (Å²) in [4.78, 5) is 1.38. The van der Waals surface area contributed by atoms with Gasteiger partial charge in [-0.05, 0) is 81.5 Å². The average Bonchev–Trinajstić information content (AvgIpc) is 2.75. The lowest BCUT2D eigenvalue weighted by Gasteiger charge is -2.17. The highest BCUT2D eigenvalue weighted by molar-refractivity contribution is 14.1. The van der Waals surface area contributed by atoms with E-state index in [0.717, 1.165) is 10.9 Å². The van der Waals surface area contributed by atoms with Gasteiger partial charge < -0.3 is 5.32 Å². The van der Waals surface area contributed by atoms with Crippen LogP contribution in [0.2, 0.25) is 0 Å². The molecule has 18 heavy (non-hydrogen) atoms. The number of halogens is 3. The van der Waals surface area contributed by atoms with Gasteiger partial charge in [-0.2, -0.15) is 0 Å². The molecular formula is C13H12Br2INS. The van der Waals surface area contributed by atoms with E-state index in [1.807, 2.05) is 7.05 Å². The first-order valence-corrected chi connectivity index (χ1v) is 8.94. The molecule has 5 heteroatoms. The average molecular weight is 501 g/mol. The molecular weight excluding hydrogens is 489 g/mol. The Bertz CT molecular complexity index is 542. The van der Waals surface area contributed by atoms with Gasteiger partial charge in [0.15, 0.2) is 0 Å². The predicted octanol–water partition coefficient (Wildman–Crippen LogP) is 5.38. The van der Waals surface area contributed by atoms with E-state index in [-0.39, 0.29) is 0 Å². The maximum atomic E-state index is 3.64. The second-order valence-electron chi connectivity index (χ2n) is 3.92. The van der Waals surface area contributed by atoms with Crippen molar-refractivity contribution in [3.8, 4) is 0 Å². The first-order chi connectivity index (χ1) is 8.60. The molecule has 0 saturated carbocycles. The first kappa shape index (κ1) is 15.0. The molecule has 1 nitrogen and oxygen atoms in total. The minimum Gasteiger partial charge on any atom is -0.313 e. The van der Waals surface area contributed by atoms with Crippen LogP contribution in [0.3, 0.4) is 0 Å². The van der Waals surface area contributed by atoms with Crippen LogP contribution in [-0.2, 0) is 6.42 Å². The Hall–Kier alpha value is 0.570. The van der Waals surface area contributed by atoms with Crippen LogP contribution in [0.25, 0.3) is 0 Å². The zero-order valence-electron chi connectivity index (χ0n) is 9.71. The zero-order chi connectivity index (χ0) is 13.1. The van der Waals surface area contributed by atoms with Gasteiger partial charge in [-0.3, -0.25) is 0 Å². The van der Waals surface area contributed by atoms with Crippen LogP contribution in [0, 0.1) is 3.57 Å².